The summed E-state index contributed by atoms with van der Waals surface area (Å²) in [4.78, 5) is 8.80. The van der Waals surface area contributed by atoms with Gasteiger partial charge in [-0.05, 0) is 6.92 Å². The van der Waals surface area contributed by atoms with Gasteiger partial charge in [-0.2, -0.15) is 5.10 Å². The fourth-order valence-corrected chi connectivity index (χ4v) is 0.959. The van der Waals surface area contributed by atoms with Gasteiger partial charge in [-0.3, -0.25) is 0 Å². The zero-order valence-electron chi connectivity index (χ0n) is 6.14. The maximum atomic E-state index is 4.99. The summed E-state index contributed by atoms with van der Waals surface area (Å²) < 4.78 is 1.61. The first-order valence-electron chi connectivity index (χ1n) is 3.44. The zero-order valence-corrected chi connectivity index (χ0v) is 6.14. The second-order valence-corrected chi connectivity index (χ2v) is 2.47. The van der Waals surface area contributed by atoms with Gasteiger partial charge in [-0.25, -0.2) is 9.67 Å². The summed E-state index contributed by atoms with van der Waals surface area (Å²) in [5, 5.41) is 7.76. The molecule has 1 aromatic heterocycles. The van der Waals surface area contributed by atoms with Gasteiger partial charge in [0.2, 0.25) is 0 Å². The van der Waals surface area contributed by atoms with Crippen molar-refractivity contribution in [2.45, 2.75) is 19.4 Å². The van der Waals surface area contributed by atoms with E-state index in [0.717, 1.165) is 12.3 Å². The molecule has 0 saturated heterocycles. The highest BCUT2D eigenvalue weighted by molar-refractivity contribution is 5.84. The summed E-state index contributed by atoms with van der Waals surface area (Å²) in [7, 11) is 0. The van der Waals surface area contributed by atoms with E-state index in [1.807, 2.05) is 6.92 Å². The van der Waals surface area contributed by atoms with Crippen LogP contribution in [0.3, 0.4) is 0 Å². The first-order valence-corrected chi connectivity index (χ1v) is 3.44. The molecular formula is C6H8N4O. The van der Waals surface area contributed by atoms with Crippen molar-refractivity contribution in [1.82, 2.24) is 14.8 Å². The van der Waals surface area contributed by atoms with Gasteiger partial charge in [0.15, 0.2) is 5.84 Å². The van der Waals surface area contributed by atoms with Crippen LogP contribution >= 0.6 is 0 Å². The summed E-state index contributed by atoms with van der Waals surface area (Å²) in [6.45, 7) is 1.97. The smallest absolute Gasteiger partial charge is 0.174 e. The molecule has 1 atom stereocenters. The summed E-state index contributed by atoms with van der Waals surface area (Å²) in [6.07, 6.45) is 4.05. The zero-order chi connectivity index (χ0) is 7.68. The highest BCUT2D eigenvalue weighted by atomic mass is 16.6. The van der Waals surface area contributed by atoms with E-state index in [4.69, 9.17) is 4.84 Å². The first kappa shape index (κ1) is 6.33. The van der Waals surface area contributed by atoms with E-state index in [1.165, 1.54) is 6.33 Å². The summed E-state index contributed by atoms with van der Waals surface area (Å²) in [6, 6.07) is 0. The molecule has 1 aliphatic heterocycles. The molecule has 0 fully saturated rings. The standard InChI is InChI=1S/C6H8N4O/c1-5-2-6(9-11-5)10-4-7-3-8-10/h3-5H,2H2,1H3. The number of nitrogens with zero attached hydrogens (tertiary/aromatic N) is 4. The lowest BCUT2D eigenvalue weighted by atomic mass is 10.3. The summed E-state index contributed by atoms with van der Waals surface area (Å²) in [5.74, 6) is 0.815. The summed E-state index contributed by atoms with van der Waals surface area (Å²) in [5.41, 5.74) is 0. The maximum Gasteiger partial charge on any atom is 0.174 e. The fourth-order valence-electron chi connectivity index (χ4n) is 0.959. The lowest BCUT2D eigenvalue weighted by Crippen LogP contribution is -2.11. The molecule has 5 heteroatoms. The second-order valence-electron chi connectivity index (χ2n) is 2.47. The van der Waals surface area contributed by atoms with Gasteiger partial charge in [0.1, 0.15) is 18.8 Å². The molecule has 0 spiro atoms. The Bertz CT molecular complexity index is 266. The summed E-state index contributed by atoms with van der Waals surface area (Å²) >= 11 is 0. The van der Waals surface area contributed by atoms with E-state index in [9.17, 15) is 0 Å². The molecule has 5 nitrogen and oxygen atoms in total. The normalized spacial score (nSPS) is 23.0. The number of hydrogen-bond donors (Lipinski definition) is 0. The maximum absolute atomic E-state index is 4.99. The Kier molecular flexibility index (Phi) is 1.34. The molecular weight excluding hydrogens is 144 g/mol. The van der Waals surface area contributed by atoms with Gasteiger partial charge in [-0.15, -0.1) is 0 Å². The Balaban J connectivity index is 2.19. The van der Waals surface area contributed by atoms with Crippen LogP contribution in [0.2, 0.25) is 0 Å². The van der Waals surface area contributed by atoms with Crippen molar-refractivity contribution in [3.05, 3.63) is 12.7 Å². The van der Waals surface area contributed by atoms with E-state index in [2.05, 4.69) is 15.2 Å². The average Bonchev–Trinajstić information content (AvgIpc) is 2.55. The van der Waals surface area contributed by atoms with Gasteiger partial charge in [0.05, 0.1) is 6.42 Å². The Morgan fingerprint density at radius 2 is 2.64 bits per heavy atom. The van der Waals surface area contributed by atoms with Crippen LogP contribution in [-0.4, -0.2) is 26.7 Å². The molecule has 2 rings (SSSR count). The molecule has 1 aliphatic rings. The molecule has 0 amide bonds. The van der Waals surface area contributed by atoms with E-state index in [1.54, 1.807) is 11.0 Å². The predicted octanol–water partition coefficient (Wildman–Crippen LogP) is 0.248. The van der Waals surface area contributed by atoms with Crippen molar-refractivity contribution in [3.8, 4) is 0 Å². The van der Waals surface area contributed by atoms with E-state index >= 15 is 0 Å². The second kappa shape index (κ2) is 2.34. The minimum atomic E-state index is 0.161. The topological polar surface area (TPSA) is 52.3 Å². The SMILES string of the molecule is CC1CC(n2cncn2)=NO1. The molecule has 0 radical (unpaired) electrons. The van der Waals surface area contributed by atoms with Crippen LogP contribution in [0.4, 0.5) is 0 Å². The molecule has 0 saturated carbocycles. The van der Waals surface area contributed by atoms with Crippen molar-refractivity contribution in [2.24, 2.45) is 5.16 Å². The Morgan fingerprint density at radius 1 is 1.73 bits per heavy atom. The molecule has 58 valence electrons. The third kappa shape index (κ3) is 1.09. The Labute approximate surface area is 63.7 Å². The van der Waals surface area contributed by atoms with Crippen LogP contribution in [0.5, 0.6) is 0 Å². The van der Waals surface area contributed by atoms with Crippen molar-refractivity contribution in [3.63, 3.8) is 0 Å². The Morgan fingerprint density at radius 3 is 3.18 bits per heavy atom. The number of oxime groups is 1. The predicted molar refractivity (Wildman–Crippen MR) is 38.0 cm³/mol. The third-order valence-corrected chi connectivity index (χ3v) is 1.49. The van der Waals surface area contributed by atoms with E-state index in [0.29, 0.717) is 0 Å². The quantitative estimate of drug-likeness (QED) is 0.535. The van der Waals surface area contributed by atoms with Crippen molar-refractivity contribution >= 4 is 5.84 Å². The number of aromatic nitrogens is 3. The molecule has 0 bridgehead atoms. The Hall–Kier alpha value is -1.39. The first-order chi connectivity index (χ1) is 5.36. The molecule has 1 unspecified atom stereocenters. The van der Waals surface area contributed by atoms with Crippen molar-refractivity contribution in [1.29, 1.82) is 0 Å². The molecule has 2 heterocycles. The van der Waals surface area contributed by atoms with Gasteiger partial charge < -0.3 is 4.84 Å². The third-order valence-electron chi connectivity index (χ3n) is 1.49. The van der Waals surface area contributed by atoms with Crippen molar-refractivity contribution in [2.75, 3.05) is 0 Å². The molecule has 0 N–H and O–H groups in total. The molecule has 1 aromatic rings. The van der Waals surface area contributed by atoms with Crippen LogP contribution in [0.15, 0.2) is 17.8 Å². The molecule has 0 aliphatic carbocycles. The van der Waals surface area contributed by atoms with Gasteiger partial charge in [-0.1, -0.05) is 5.16 Å². The lowest BCUT2D eigenvalue weighted by molar-refractivity contribution is 0.0994. The van der Waals surface area contributed by atoms with Gasteiger partial charge in [0, 0.05) is 0 Å². The molecule has 0 aromatic carbocycles. The van der Waals surface area contributed by atoms with Crippen molar-refractivity contribution < 1.29 is 4.84 Å². The highest BCUT2D eigenvalue weighted by Gasteiger charge is 2.17. The van der Waals surface area contributed by atoms with Gasteiger partial charge in [0.25, 0.3) is 0 Å². The van der Waals surface area contributed by atoms with Crippen LogP contribution < -0.4 is 0 Å². The fraction of sp³-hybridized carbons (Fsp3) is 0.500. The number of hydrogen-bond acceptors (Lipinski definition) is 4. The van der Waals surface area contributed by atoms with Crippen LogP contribution in [0, 0.1) is 0 Å². The molecule has 11 heavy (non-hydrogen) atoms. The minimum Gasteiger partial charge on any atom is -0.391 e. The van der Waals surface area contributed by atoms with Crippen LogP contribution in [-0.2, 0) is 4.84 Å². The highest BCUT2D eigenvalue weighted by Crippen LogP contribution is 2.09. The van der Waals surface area contributed by atoms with E-state index < -0.39 is 0 Å². The van der Waals surface area contributed by atoms with E-state index in [-0.39, 0.29) is 6.10 Å². The number of rotatable bonds is 0. The van der Waals surface area contributed by atoms with Crippen LogP contribution in [0.25, 0.3) is 0 Å². The lowest BCUT2D eigenvalue weighted by Gasteiger charge is -1.95. The average molecular weight is 152 g/mol. The monoisotopic (exact) mass is 152 g/mol. The minimum absolute atomic E-state index is 0.161. The van der Waals surface area contributed by atoms with Gasteiger partial charge >= 0.3 is 0 Å². The largest absolute Gasteiger partial charge is 0.391 e. The van der Waals surface area contributed by atoms with Crippen LogP contribution in [0.1, 0.15) is 13.3 Å².